The van der Waals surface area contributed by atoms with E-state index in [-0.39, 0.29) is 34.5 Å². The van der Waals surface area contributed by atoms with Gasteiger partial charge in [-0.1, -0.05) is 165 Å². The Labute approximate surface area is 251 Å². The molecular formula is C32H53NaO3S. The van der Waals surface area contributed by atoms with Crippen molar-refractivity contribution in [2.24, 2.45) is 0 Å². The zero-order valence-electron chi connectivity index (χ0n) is 24.1. The van der Waals surface area contributed by atoms with Crippen LogP contribution in [0.4, 0.5) is 0 Å². The van der Waals surface area contributed by atoms with E-state index in [1.54, 1.807) is 30.3 Å². The second-order valence-corrected chi connectivity index (χ2v) is 11.6. The molecule has 0 amide bonds. The van der Waals surface area contributed by atoms with Crippen LogP contribution >= 0.6 is 0 Å². The van der Waals surface area contributed by atoms with E-state index in [1.165, 1.54) is 128 Å². The summed E-state index contributed by atoms with van der Waals surface area (Å²) in [5.41, 5.74) is 0. The number of unbranched alkanes of at least 4 members (excludes halogenated alkanes) is 19. The molecule has 5 heteroatoms. The Kier molecular flexibility index (Phi) is 24.4. The van der Waals surface area contributed by atoms with Gasteiger partial charge in [-0.3, -0.25) is 4.55 Å². The first-order valence-electron chi connectivity index (χ1n) is 14.7. The van der Waals surface area contributed by atoms with Crippen LogP contribution in [0.15, 0.2) is 47.4 Å². The minimum Gasteiger partial charge on any atom is -0.343 e. The Balaban J connectivity index is 0.000000739. The largest absolute Gasteiger partial charge is 1.00 e. The molecule has 2 rings (SSSR count). The van der Waals surface area contributed by atoms with Crippen molar-refractivity contribution in [3.05, 3.63) is 49.4 Å². The van der Waals surface area contributed by atoms with Crippen molar-refractivity contribution in [1.82, 2.24) is 0 Å². The molecule has 0 spiro atoms. The van der Waals surface area contributed by atoms with E-state index in [9.17, 15) is 8.42 Å². The van der Waals surface area contributed by atoms with E-state index in [0.717, 1.165) is 11.8 Å². The number of hydrogen-bond acceptors (Lipinski definition) is 2. The monoisotopic (exact) mass is 540 g/mol. The fourth-order valence-corrected chi connectivity index (χ4v) is 5.39. The summed E-state index contributed by atoms with van der Waals surface area (Å²) >= 11 is 0. The van der Waals surface area contributed by atoms with Gasteiger partial charge in [0.25, 0.3) is 10.1 Å². The molecule has 0 aliphatic carbocycles. The van der Waals surface area contributed by atoms with Crippen molar-refractivity contribution in [3.63, 3.8) is 0 Å². The molecule has 0 aliphatic rings. The number of rotatable bonds is 20. The van der Waals surface area contributed by atoms with Gasteiger partial charge < -0.3 is 6.92 Å². The SMILES string of the molecule is O=S(=O)(O)c1cccc2ccccc12.[CH2-]CCCCCCCCCCCCCCCCCCCCC.[Na+]. The molecular weight excluding hydrogens is 487 g/mol. The second kappa shape index (κ2) is 24.6. The smallest absolute Gasteiger partial charge is 0.343 e. The normalized spacial score (nSPS) is 11.1. The van der Waals surface area contributed by atoms with Crippen molar-refractivity contribution >= 4 is 20.9 Å². The van der Waals surface area contributed by atoms with Gasteiger partial charge in [0.2, 0.25) is 0 Å². The minimum atomic E-state index is -4.13. The number of benzene rings is 2. The third kappa shape index (κ3) is 19.3. The summed E-state index contributed by atoms with van der Waals surface area (Å²) in [6.45, 7) is 6.20. The minimum absolute atomic E-state index is 0. The maximum atomic E-state index is 11.0. The van der Waals surface area contributed by atoms with Gasteiger partial charge in [0.1, 0.15) is 4.90 Å². The molecule has 1 N–H and O–H groups in total. The van der Waals surface area contributed by atoms with E-state index in [4.69, 9.17) is 4.55 Å². The van der Waals surface area contributed by atoms with Gasteiger partial charge in [-0.15, -0.1) is 0 Å². The van der Waals surface area contributed by atoms with Crippen molar-refractivity contribution in [3.8, 4) is 0 Å². The van der Waals surface area contributed by atoms with Crippen LogP contribution in [0.3, 0.4) is 0 Å². The average molecular weight is 541 g/mol. The van der Waals surface area contributed by atoms with Gasteiger partial charge in [0.05, 0.1) is 0 Å². The molecule has 2 aromatic carbocycles. The van der Waals surface area contributed by atoms with Crippen LogP contribution in [0.5, 0.6) is 0 Å². The molecule has 2 aromatic rings. The van der Waals surface area contributed by atoms with E-state index >= 15 is 0 Å². The van der Waals surface area contributed by atoms with Gasteiger partial charge in [-0.2, -0.15) is 14.8 Å². The molecule has 3 nitrogen and oxygen atoms in total. The van der Waals surface area contributed by atoms with Crippen LogP contribution < -0.4 is 29.6 Å². The maximum Gasteiger partial charge on any atom is 1.00 e. The summed E-state index contributed by atoms with van der Waals surface area (Å²) in [5.74, 6) is 0. The van der Waals surface area contributed by atoms with E-state index < -0.39 is 10.1 Å². The standard InChI is InChI=1S/C22H45.C10H8O3S.Na/c1-3-5-7-9-11-13-15-17-19-21-22-20-18-16-14-12-10-8-6-4-2;11-14(12,13)10-7-3-5-8-4-1-2-6-9(8)10;/h1,3-22H2,2H3;1-7H,(H,11,12,13);/q-1;;+1. The summed E-state index contributed by atoms with van der Waals surface area (Å²) < 4.78 is 31.0. The zero-order valence-corrected chi connectivity index (χ0v) is 26.9. The first-order valence-corrected chi connectivity index (χ1v) is 16.2. The Morgan fingerprint density at radius 3 is 1.38 bits per heavy atom. The first-order chi connectivity index (χ1) is 17.5. The first kappa shape index (κ1) is 36.6. The molecule has 0 unspecified atom stereocenters. The van der Waals surface area contributed by atoms with Crippen LogP contribution in [0.1, 0.15) is 135 Å². The number of hydrogen-bond donors (Lipinski definition) is 1. The van der Waals surface area contributed by atoms with Crippen LogP contribution in [0, 0.1) is 6.92 Å². The average Bonchev–Trinajstić information content (AvgIpc) is 2.87. The summed E-state index contributed by atoms with van der Waals surface area (Å²) in [7, 11) is -4.13. The van der Waals surface area contributed by atoms with E-state index in [2.05, 4.69) is 13.8 Å². The Hall–Kier alpha value is -0.390. The van der Waals surface area contributed by atoms with E-state index in [0.29, 0.717) is 5.39 Å². The molecule has 206 valence electrons. The Morgan fingerprint density at radius 2 is 0.973 bits per heavy atom. The molecule has 0 saturated heterocycles. The predicted octanol–water partition coefficient (Wildman–Crippen LogP) is 7.73. The molecule has 0 atom stereocenters. The van der Waals surface area contributed by atoms with Crippen molar-refractivity contribution in [1.29, 1.82) is 0 Å². The molecule has 0 saturated carbocycles. The summed E-state index contributed by atoms with van der Waals surface area (Å²) in [4.78, 5) is -0.0457. The second-order valence-electron chi connectivity index (χ2n) is 10.2. The number of fused-ring (bicyclic) bond motifs is 1. The molecule has 0 bridgehead atoms. The quantitative estimate of drug-likeness (QED) is 0.0809. The maximum absolute atomic E-state index is 11.0. The van der Waals surface area contributed by atoms with Gasteiger partial charge in [-0.25, -0.2) is 0 Å². The van der Waals surface area contributed by atoms with Crippen molar-refractivity contribution in [2.75, 3.05) is 0 Å². The van der Waals surface area contributed by atoms with Crippen LogP contribution in [0.2, 0.25) is 0 Å². The van der Waals surface area contributed by atoms with E-state index in [1.807, 2.05) is 6.07 Å². The van der Waals surface area contributed by atoms with Gasteiger partial charge in [-0.05, 0) is 11.5 Å². The molecule has 0 aliphatic heterocycles. The van der Waals surface area contributed by atoms with Crippen LogP contribution in [-0.4, -0.2) is 13.0 Å². The van der Waals surface area contributed by atoms with Crippen LogP contribution in [-0.2, 0) is 10.1 Å². The summed E-state index contributed by atoms with van der Waals surface area (Å²) in [6.07, 6.45) is 28.8. The fraction of sp³-hybridized carbons (Fsp3) is 0.656. The zero-order chi connectivity index (χ0) is 26.3. The van der Waals surface area contributed by atoms with Gasteiger partial charge >= 0.3 is 29.6 Å². The Morgan fingerprint density at radius 1 is 0.595 bits per heavy atom. The van der Waals surface area contributed by atoms with Gasteiger partial charge in [0.15, 0.2) is 0 Å². The Bertz CT molecular complexity index is 857. The van der Waals surface area contributed by atoms with Crippen molar-refractivity contribution in [2.45, 2.75) is 140 Å². The molecule has 0 radical (unpaired) electrons. The molecule has 37 heavy (non-hydrogen) atoms. The predicted molar refractivity (Wildman–Crippen MR) is 157 cm³/mol. The third-order valence-electron chi connectivity index (χ3n) is 6.88. The topological polar surface area (TPSA) is 54.4 Å². The molecule has 0 fully saturated rings. The fourth-order valence-electron chi connectivity index (χ4n) is 4.68. The summed E-state index contributed by atoms with van der Waals surface area (Å²) in [5, 5.41) is 1.33. The van der Waals surface area contributed by atoms with Crippen LogP contribution in [0.25, 0.3) is 10.8 Å². The van der Waals surface area contributed by atoms with Crippen molar-refractivity contribution < 1.29 is 42.5 Å². The third-order valence-corrected chi connectivity index (χ3v) is 7.79. The summed E-state index contributed by atoms with van der Waals surface area (Å²) in [6, 6.07) is 11.8. The van der Waals surface area contributed by atoms with Gasteiger partial charge in [0, 0.05) is 5.39 Å². The molecule has 0 heterocycles. The molecule has 0 aromatic heterocycles.